The zero-order valence-electron chi connectivity index (χ0n) is 10.2. The zero-order chi connectivity index (χ0) is 13.4. The van der Waals surface area contributed by atoms with Crippen LogP contribution in [0.3, 0.4) is 0 Å². The molecule has 6 heteroatoms. The van der Waals surface area contributed by atoms with E-state index in [0.717, 1.165) is 24.0 Å². The van der Waals surface area contributed by atoms with E-state index in [1.165, 1.54) is 6.07 Å². The normalized spacial score (nSPS) is 19.0. The number of anilines is 1. The maximum atomic E-state index is 11.0. The maximum absolute atomic E-state index is 11.0. The quantitative estimate of drug-likeness (QED) is 0.656. The first-order valence-corrected chi connectivity index (χ1v) is 6.12. The first kappa shape index (κ1) is 11.9. The Labute approximate surface area is 109 Å². The first-order valence-electron chi connectivity index (χ1n) is 6.12. The topological polar surface area (TPSA) is 79.5 Å². The van der Waals surface area contributed by atoms with Crippen molar-refractivity contribution in [1.82, 2.24) is 4.98 Å². The summed E-state index contributed by atoms with van der Waals surface area (Å²) in [4.78, 5) is 16.8. The molecule has 0 saturated carbocycles. The Bertz CT molecular complexity index is 644. The van der Waals surface area contributed by atoms with Crippen LogP contribution in [0.15, 0.2) is 30.5 Å². The molecule has 1 aliphatic heterocycles. The molecule has 2 aromatic rings. The lowest BCUT2D eigenvalue weighted by Crippen LogP contribution is -2.21. The Balaban J connectivity index is 2.16. The number of aromatic nitrogens is 1. The second kappa shape index (κ2) is 4.47. The molecule has 0 bridgehead atoms. The van der Waals surface area contributed by atoms with Gasteiger partial charge in [0.05, 0.1) is 11.0 Å². The van der Waals surface area contributed by atoms with Crippen LogP contribution < -0.4 is 4.90 Å². The minimum Gasteiger partial charge on any atom is -0.391 e. The lowest BCUT2D eigenvalue weighted by molar-refractivity contribution is -0.383. The number of aliphatic hydroxyl groups excluding tert-OH is 1. The van der Waals surface area contributed by atoms with Crippen molar-refractivity contribution in [1.29, 1.82) is 0 Å². The maximum Gasteiger partial charge on any atom is 0.295 e. The third-order valence-corrected chi connectivity index (χ3v) is 3.43. The van der Waals surface area contributed by atoms with Crippen molar-refractivity contribution in [2.45, 2.75) is 12.5 Å². The molecule has 6 nitrogen and oxygen atoms in total. The molecule has 3 rings (SSSR count). The van der Waals surface area contributed by atoms with E-state index in [1.807, 2.05) is 17.0 Å². The molecule has 1 fully saturated rings. The number of nitrogens with zero attached hydrogens (tertiary/aromatic N) is 3. The fourth-order valence-electron chi connectivity index (χ4n) is 2.53. The summed E-state index contributed by atoms with van der Waals surface area (Å²) >= 11 is 0. The van der Waals surface area contributed by atoms with Crippen LogP contribution >= 0.6 is 0 Å². The molecular formula is C13H13N3O3. The highest BCUT2D eigenvalue weighted by Gasteiger charge is 2.23. The van der Waals surface area contributed by atoms with E-state index in [0.29, 0.717) is 12.1 Å². The highest BCUT2D eigenvalue weighted by Crippen LogP contribution is 2.32. The monoisotopic (exact) mass is 259 g/mol. The van der Waals surface area contributed by atoms with Gasteiger partial charge in [-0.15, -0.1) is 0 Å². The number of para-hydroxylation sites is 1. The van der Waals surface area contributed by atoms with Crippen molar-refractivity contribution in [3.8, 4) is 0 Å². The third kappa shape index (κ3) is 2.00. The number of hydrogen-bond donors (Lipinski definition) is 1. The van der Waals surface area contributed by atoms with Crippen LogP contribution in [0.4, 0.5) is 11.4 Å². The van der Waals surface area contributed by atoms with Crippen molar-refractivity contribution in [3.05, 3.63) is 40.6 Å². The first-order chi connectivity index (χ1) is 9.16. The molecule has 1 aliphatic rings. The Kier molecular flexibility index (Phi) is 2.79. The Morgan fingerprint density at radius 1 is 1.42 bits per heavy atom. The van der Waals surface area contributed by atoms with Crippen molar-refractivity contribution >= 4 is 22.3 Å². The van der Waals surface area contributed by atoms with Crippen LogP contribution in [0, 0.1) is 10.1 Å². The molecule has 2 heterocycles. The van der Waals surface area contributed by atoms with Crippen molar-refractivity contribution in [2.24, 2.45) is 0 Å². The van der Waals surface area contributed by atoms with Gasteiger partial charge in [0.2, 0.25) is 0 Å². The van der Waals surface area contributed by atoms with E-state index in [2.05, 4.69) is 4.98 Å². The standard InChI is InChI=1S/C13H13N3O3/c17-9-5-7-15(8-9)11-4-6-14-13-10(11)2-1-3-12(13)16(18)19/h1-4,6,9,17H,5,7-8H2/t9-/m1/s1. The molecule has 1 saturated heterocycles. The van der Waals surface area contributed by atoms with Gasteiger partial charge < -0.3 is 10.0 Å². The average molecular weight is 259 g/mol. The molecule has 98 valence electrons. The number of hydrogen-bond acceptors (Lipinski definition) is 5. The second-order valence-corrected chi connectivity index (χ2v) is 4.65. The summed E-state index contributed by atoms with van der Waals surface area (Å²) in [5.41, 5.74) is 1.30. The minimum atomic E-state index is -0.419. The number of benzene rings is 1. The van der Waals surface area contributed by atoms with E-state index in [-0.39, 0.29) is 11.8 Å². The molecule has 1 atom stereocenters. The highest BCUT2D eigenvalue weighted by molar-refractivity contribution is 5.96. The van der Waals surface area contributed by atoms with E-state index in [4.69, 9.17) is 0 Å². The second-order valence-electron chi connectivity index (χ2n) is 4.65. The third-order valence-electron chi connectivity index (χ3n) is 3.43. The zero-order valence-corrected chi connectivity index (χ0v) is 10.2. The number of β-amino-alcohol motifs (C(OH)–C–C–N with tert-alkyl or cyclic N) is 1. The van der Waals surface area contributed by atoms with E-state index in [1.54, 1.807) is 12.3 Å². The number of nitro groups is 1. The number of non-ortho nitro benzene ring substituents is 1. The summed E-state index contributed by atoms with van der Waals surface area (Å²) in [6.07, 6.45) is 1.97. The van der Waals surface area contributed by atoms with Crippen molar-refractivity contribution in [2.75, 3.05) is 18.0 Å². The molecule has 19 heavy (non-hydrogen) atoms. The lowest BCUT2D eigenvalue weighted by Gasteiger charge is -2.19. The summed E-state index contributed by atoms with van der Waals surface area (Å²) in [6.45, 7) is 1.31. The molecule has 1 aromatic carbocycles. The molecular weight excluding hydrogens is 246 g/mol. The van der Waals surface area contributed by atoms with Crippen molar-refractivity contribution in [3.63, 3.8) is 0 Å². The summed E-state index contributed by atoms with van der Waals surface area (Å²) in [7, 11) is 0. The Hall–Kier alpha value is -2.21. The van der Waals surface area contributed by atoms with E-state index >= 15 is 0 Å². The van der Waals surface area contributed by atoms with Gasteiger partial charge in [-0.2, -0.15) is 0 Å². The molecule has 1 N–H and O–H groups in total. The summed E-state index contributed by atoms with van der Waals surface area (Å²) in [5.74, 6) is 0. The smallest absolute Gasteiger partial charge is 0.295 e. The van der Waals surface area contributed by atoms with Gasteiger partial charge in [0.25, 0.3) is 5.69 Å². The Morgan fingerprint density at radius 3 is 2.95 bits per heavy atom. The predicted molar refractivity (Wildman–Crippen MR) is 71.2 cm³/mol. The molecule has 0 spiro atoms. The number of pyridine rings is 1. The van der Waals surface area contributed by atoms with Gasteiger partial charge in [0, 0.05) is 36.4 Å². The fraction of sp³-hybridized carbons (Fsp3) is 0.308. The Morgan fingerprint density at radius 2 is 2.26 bits per heavy atom. The summed E-state index contributed by atoms with van der Waals surface area (Å²) < 4.78 is 0. The van der Waals surface area contributed by atoms with Gasteiger partial charge in [-0.05, 0) is 12.5 Å². The number of aliphatic hydroxyl groups is 1. The molecule has 0 radical (unpaired) electrons. The number of fused-ring (bicyclic) bond motifs is 1. The largest absolute Gasteiger partial charge is 0.391 e. The van der Waals surface area contributed by atoms with Crippen LogP contribution in [-0.2, 0) is 0 Å². The number of nitro benzene ring substituents is 1. The SMILES string of the molecule is O=[N+]([O-])c1cccc2c(N3CC[C@@H](O)C3)ccnc12. The van der Waals surface area contributed by atoms with Crippen LogP contribution in [0.1, 0.15) is 6.42 Å². The van der Waals surface area contributed by atoms with Crippen LogP contribution in [0.5, 0.6) is 0 Å². The molecule has 1 aromatic heterocycles. The summed E-state index contributed by atoms with van der Waals surface area (Å²) in [6, 6.07) is 6.79. The van der Waals surface area contributed by atoms with Crippen LogP contribution in [-0.4, -0.2) is 34.2 Å². The number of rotatable bonds is 2. The van der Waals surface area contributed by atoms with Crippen molar-refractivity contribution < 1.29 is 10.0 Å². The average Bonchev–Trinajstić information content (AvgIpc) is 2.83. The summed E-state index contributed by atoms with van der Waals surface area (Å²) in [5, 5.41) is 21.4. The van der Waals surface area contributed by atoms with Gasteiger partial charge in [-0.1, -0.05) is 12.1 Å². The van der Waals surface area contributed by atoms with Gasteiger partial charge in [-0.25, -0.2) is 4.98 Å². The fourth-order valence-corrected chi connectivity index (χ4v) is 2.53. The van der Waals surface area contributed by atoms with E-state index < -0.39 is 4.92 Å². The predicted octanol–water partition coefficient (Wildman–Crippen LogP) is 1.71. The molecule has 0 unspecified atom stereocenters. The van der Waals surface area contributed by atoms with E-state index in [9.17, 15) is 15.2 Å². The van der Waals surface area contributed by atoms with Gasteiger partial charge in [0.15, 0.2) is 0 Å². The molecule has 0 aliphatic carbocycles. The van der Waals surface area contributed by atoms with Gasteiger partial charge in [0.1, 0.15) is 5.52 Å². The molecule has 0 amide bonds. The van der Waals surface area contributed by atoms with Gasteiger partial charge >= 0.3 is 0 Å². The van der Waals surface area contributed by atoms with Gasteiger partial charge in [-0.3, -0.25) is 10.1 Å². The van der Waals surface area contributed by atoms with Crippen LogP contribution in [0.2, 0.25) is 0 Å². The van der Waals surface area contributed by atoms with Crippen LogP contribution in [0.25, 0.3) is 10.9 Å². The highest BCUT2D eigenvalue weighted by atomic mass is 16.6. The minimum absolute atomic E-state index is 0.0131. The lowest BCUT2D eigenvalue weighted by atomic mass is 10.1.